The molecule has 1 aliphatic heterocycles. The Kier molecular flexibility index (Phi) is 3.50. The van der Waals surface area contributed by atoms with Crippen LogP contribution >= 0.6 is 0 Å². The predicted octanol–water partition coefficient (Wildman–Crippen LogP) is 2.60. The molecule has 2 amide bonds. The summed E-state index contributed by atoms with van der Waals surface area (Å²) in [5, 5.41) is 3.20. The zero-order chi connectivity index (χ0) is 15.2. The molecule has 2 saturated carbocycles. The van der Waals surface area contributed by atoms with Crippen molar-refractivity contribution in [3.8, 4) is 0 Å². The van der Waals surface area contributed by atoms with Crippen molar-refractivity contribution in [2.24, 2.45) is 17.3 Å². The van der Waals surface area contributed by atoms with E-state index in [2.05, 4.69) is 16.3 Å². The van der Waals surface area contributed by atoms with Gasteiger partial charge in [0.1, 0.15) is 0 Å². The molecule has 0 bridgehead atoms. The van der Waals surface area contributed by atoms with Gasteiger partial charge in [-0.15, -0.1) is 0 Å². The van der Waals surface area contributed by atoms with Crippen LogP contribution in [0.15, 0.2) is 11.8 Å². The van der Waals surface area contributed by atoms with Crippen LogP contribution in [0.25, 0.3) is 0 Å². The van der Waals surface area contributed by atoms with Crippen LogP contribution in [0.2, 0.25) is 0 Å². The van der Waals surface area contributed by atoms with E-state index in [4.69, 9.17) is 0 Å². The Hall–Kier alpha value is -1.32. The van der Waals surface area contributed by atoms with Crippen molar-refractivity contribution in [1.82, 2.24) is 10.2 Å². The minimum absolute atomic E-state index is 0.0300. The van der Waals surface area contributed by atoms with Gasteiger partial charge in [0, 0.05) is 36.5 Å². The zero-order valence-electron chi connectivity index (χ0n) is 13.3. The Morgan fingerprint density at radius 3 is 2.77 bits per heavy atom. The lowest BCUT2D eigenvalue weighted by Gasteiger charge is -2.43. The Morgan fingerprint density at radius 2 is 2.09 bits per heavy atom. The normalized spacial score (nSPS) is 31.5. The van der Waals surface area contributed by atoms with E-state index in [1.165, 1.54) is 25.0 Å². The van der Waals surface area contributed by atoms with E-state index < -0.39 is 0 Å². The molecule has 0 aromatic carbocycles. The van der Waals surface area contributed by atoms with Gasteiger partial charge in [-0.2, -0.15) is 0 Å². The molecule has 4 heteroatoms. The molecule has 0 radical (unpaired) electrons. The number of carbonyl (C=O) groups excluding carboxylic acids is 2. The third-order valence-electron chi connectivity index (χ3n) is 6.13. The maximum absolute atomic E-state index is 12.3. The van der Waals surface area contributed by atoms with Crippen LogP contribution in [-0.2, 0) is 9.59 Å². The molecule has 1 atom stereocenters. The Labute approximate surface area is 132 Å². The number of nitrogens with zero attached hydrogens (tertiary/aromatic N) is 1. The SMILES string of the molecule is O=C(NCC12CCC=C1N(CC1CC1)C(=O)CC2)C1CCC1. The van der Waals surface area contributed by atoms with E-state index >= 15 is 0 Å². The van der Waals surface area contributed by atoms with Crippen molar-refractivity contribution < 1.29 is 9.59 Å². The summed E-state index contributed by atoms with van der Waals surface area (Å²) in [5.41, 5.74) is 1.26. The predicted molar refractivity (Wildman–Crippen MR) is 83.8 cm³/mol. The topological polar surface area (TPSA) is 49.4 Å². The second-order valence-corrected chi connectivity index (χ2v) is 7.70. The van der Waals surface area contributed by atoms with Crippen molar-refractivity contribution in [1.29, 1.82) is 0 Å². The van der Waals surface area contributed by atoms with Crippen LogP contribution in [0, 0.1) is 17.3 Å². The second-order valence-electron chi connectivity index (χ2n) is 7.70. The van der Waals surface area contributed by atoms with Crippen LogP contribution in [0.4, 0.5) is 0 Å². The first-order valence-electron chi connectivity index (χ1n) is 8.97. The minimum atomic E-state index is 0.0300. The number of hydrogen-bond donors (Lipinski definition) is 1. The average Bonchev–Trinajstić information content (AvgIpc) is 3.16. The first kappa shape index (κ1) is 14.3. The van der Waals surface area contributed by atoms with Crippen LogP contribution in [-0.4, -0.2) is 29.8 Å². The molecule has 0 aromatic heterocycles. The first-order chi connectivity index (χ1) is 10.7. The molecule has 3 aliphatic carbocycles. The fourth-order valence-electron chi connectivity index (χ4n) is 4.19. The van der Waals surface area contributed by atoms with E-state index in [1.54, 1.807) is 0 Å². The summed E-state index contributed by atoms with van der Waals surface area (Å²) in [7, 11) is 0. The summed E-state index contributed by atoms with van der Waals surface area (Å²) >= 11 is 0. The van der Waals surface area contributed by atoms with Gasteiger partial charge in [-0.1, -0.05) is 12.5 Å². The molecule has 4 rings (SSSR count). The van der Waals surface area contributed by atoms with E-state index in [0.29, 0.717) is 18.2 Å². The summed E-state index contributed by atoms with van der Waals surface area (Å²) in [6.07, 6.45) is 11.8. The molecule has 1 N–H and O–H groups in total. The lowest BCUT2D eigenvalue weighted by Crippen LogP contribution is -2.49. The molecule has 3 fully saturated rings. The summed E-state index contributed by atoms with van der Waals surface area (Å²) in [6.45, 7) is 1.63. The van der Waals surface area contributed by atoms with E-state index in [1.807, 2.05) is 0 Å². The summed E-state index contributed by atoms with van der Waals surface area (Å²) in [4.78, 5) is 26.6. The number of piperidine rings is 1. The summed E-state index contributed by atoms with van der Waals surface area (Å²) in [5.74, 6) is 1.49. The number of carbonyl (C=O) groups is 2. The van der Waals surface area contributed by atoms with Gasteiger partial charge in [0.25, 0.3) is 0 Å². The molecule has 22 heavy (non-hydrogen) atoms. The van der Waals surface area contributed by atoms with Gasteiger partial charge in [-0.3, -0.25) is 9.59 Å². The fraction of sp³-hybridized carbons (Fsp3) is 0.778. The highest BCUT2D eigenvalue weighted by Crippen LogP contribution is 2.48. The van der Waals surface area contributed by atoms with Crippen molar-refractivity contribution >= 4 is 11.8 Å². The van der Waals surface area contributed by atoms with Gasteiger partial charge in [-0.25, -0.2) is 0 Å². The van der Waals surface area contributed by atoms with E-state index in [0.717, 1.165) is 45.2 Å². The first-order valence-corrected chi connectivity index (χ1v) is 8.97. The average molecular weight is 302 g/mol. The molecular weight excluding hydrogens is 276 g/mol. The number of rotatable bonds is 5. The summed E-state index contributed by atoms with van der Waals surface area (Å²) in [6, 6.07) is 0. The standard InChI is InChI=1S/C18H26N2O2/c21-16-8-10-18(12-19-17(22)14-3-1-4-14)9-2-5-15(18)20(16)11-13-6-7-13/h5,13-14H,1-4,6-12H2,(H,19,22). The maximum Gasteiger partial charge on any atom is 0.226 e. The molecule has 0 spiro atoms. The van der Waals surface area contributed by atoms with Crippen molar-refractivity contribution in [3.05, 3.63) is 11.8 Å². The van der Waals surface area contributed by atoms with Crippen molar-refractivity contribution in [2.75, 3.05) is 13.1 Å². The zero-order valence-corrected chi connectivity index (χ0v) is 13.3. The summed E-state index contributed by atoms with van der Waals surface area (Å²) < 4.78 is 0. The second kappa shape index (κ2) is 5.39. The molecule has 1 unspecified atom stereocenters. The highest BCUT2D eigenvalue weighted by molar-refractivity contribution is 5.81. The highest BCUT2D eigenvalue weighted by Gasteiger charge is 2.46. The largest absolute Gasteiger partial charge is 0.355 e. The number of fused-ring (bicyclic) bond motifs is 1. The van der Waals surface area contributed by atoms with Crippen LogP contribution in [0.5, 0.6) is 0 Å². The molecular formula is C18H26N2O2. The van der Waals surface area contributed by atoms with Crippen LogP contribution in [0.1, 0.15) is 57.8 Å². The highest BCUT2D eigenvalue weighted by atomic mass is 16.2. The minimum Gasteiger partial charge on any atom is -0.355 e. The molecule has 4 nitrogen and oxygen atoms in total. The smallest absolute Gasteiger partial charge is 0.226 e. The van der Waals surface area contributed by atoms with Gasteiger partial charge in [-0.05, 0) is 50.9 Å². The number of allylic oxidation sites excluding steroid dienone is 1. The van der Waals surface area contributed by atoms with Gasteiger partial charge in [0.2, 0.25) is 11.8 Å². The van der Waals surface area contributed by atoms with Crippen LogP contribution in [0.3, 0.4) is 0 Å². The Bertz CT molecular complexity index is 519. The molecule has 120 valence electrons. The maximum atomic E-state index is 12.3. The Morgan fingerprint density at radius 1 is 1.27 bits per heavy atom. The van der Waals surface area contributed by atoms with Gasteiger partial charge >= 0.3 is 0 Å². The molecule has 1 saturated heterocycles. The van der Waals surface area contributed by atoms with E-state index in [-0.39, 0.29) is 17.2 Å². The third kappa shape index (κ3) is 2.46. The quantitative estimate of drug-likeness (QED) is 0.848. The lowest BCUT2D eigenvalue weighted by atomic mass is 9.76. The van der Waals surface area contributed by atoms with Gasteiger partial charge in [0.15, 0.2) is 0 Å². The van der Waals surface area contributed by atoms with Crippen LogP contribution < -0.4 is 5.32 Å². The van der Waals surface area contributed by atoms with E-state index in [9.17, 15) is 9.59 Å². The monoisotopic (exact) mass is 302 g/mol. The number of likely N-dealkylation sites (tertiary alicyclic amines) is 1. The van der Waals surface area contributed by atoms with Gasteiger partial charge in [0.05, 0.1) is 0 Å². The Balaban J connectivity index is 1.45. The molecule has 4 aliphatic rings. The number of hydrogen-bond acceptors (Lipinski definition) is 2. The lowest BCUT2D eigenvalue weighted by molar-refractivity contribution is -0.133. The number of amides is 2. The van der Waals surface area contributed by atoms with Crippen molar-refractivity contribution in [2.45, 2.75) is 57.8 Å². The molecule has 1 heterocycles. The number of nitrogens with one attached hydrogen (secondary N) is 1. The molecule has 0 aromatic rings. The third-order valence-corrected chi connectivity index (χ3v) is 6.13. The van der Waals surface area contributed by atoms with Crippen molar-refractivity contribution in [3.63, 3.8) is 0 Å². The van der Waals surface area contributed by atoms with Gasteiger partial charge < -0.3 is 10.2 Å². The fourth-order valence-corrected chi connectivity index (χ4v) is 4.19.